The molecule has 3 heteroatoms. The van der Waals surface area contributed by atoms with Crippen molar-refractivity contribution >= 4 is 15.9 Å². The van der Waals surface area contributed by atoms with Crippen LogP contribution >= 0.6 is 15.9 Å². The van der Waals surface area contributed by atoms with E-state index in [0.29, 0.717) is 6.04 Å². The highest BCUT2D eigenvalue weighted by atomic mass is 79.9. The largest absolute Gasteiger partial charge is 0.395 e. The number of aliphatic hydroxyl groups is 1. The van der Waals surface area contributed by atoms with Crippen molar-refractivity contribution < 1.29 is 5.11 Å². The molecule has 0 bridgehead atoms. The number of halogens is 1. The van der Waals surface area contributed by atoms with E-state index >= 15 is 0 Å². The Morgan fingerprint density at radius 2 is 2.00 bits per heavy atom. The lowest BCUT2D eigenvalue weighted by Gasteiger charge is -2.22. The van der Waals surface area contributed by atoms with Crippen molar-refractivity contribution in [1.29, 1.82) is 0 Å². The molecule has 0 aromatic heterocycles. The highest BCUT2D eigenvalue weighted by Gasteiger charge is 2.24. The Balaban J connectivity index is 1.69. The van der Waals surface area contributed by atoms with Crippen LogP contribution in [0.5, 0.6) is 0 Å². The van der Waals surface area contributed by atoms with Gasteiger partial charge in [-0.1, -0.05) is 52.3 Å². The minimum Gasteiger partial charge on any atom is -0.395 e. The van der Waals surface area contributed by atoms with Crippen LogP contribution in [0.4, 0.5) is 0 Å². The zero-order valence-electron chi connectivity index (χ0n) is 11.9. The Labute approximate surface area is 134 Å². The standard InChI is InChI=1S/C18H20BrNO/c19-15-7-8-17-14(11-15)6-9-18(17)20-16(12-21)10-13-4-2-1-3-5-13/h1-5,7-8,11,16,18,20-21H,6,9-10,12H2/t16-,18?/m1/s1. The normalized spacial score (nSPS) is 18.5. The summed E-state index contributed by atoms with van der Waals surface area (Å²) in [6.07, 6.45) is 3.08. The summed E-state index contributed by atoms with van der Waals surface area (Å²) in [5.41, 5.74) is 4.06. The summed E-state index contributed by atoms with van der Waals surface area (Å²) in [6.45, 7) is 0.164. The molecule has 2 aromatic rings. The summed E-state index contributed by atoms with van der Waals surface area (Å²) in [7, 11) is 0. The van der Waals surface area contributed by atoms with E-state index in [-0.39, 0.29) is 12.6 Å². The number of hydrogen-bond acceptors (Lipinski definition) is 2. The summed E-state index contributed by atoms with van der Waals surface area (Å²) in [5, 5.41) is 13.3. The molecule has 2 N–H and O–H groups in total. The Hall–Kier alpha value is -1.16. The summed E-state index contributed by atoms with van der Waals surface area (Å²) in [4.78, 5) is 0. The van der Waals surface area contributed by atoms with E-state index in [4.69, 9.17) is 0 Å². The van der Waals surface area contributed by atoms with Crippen molar-refractivity contribution in [2.45, 2.75) is 31.3 Å². The molecule has 21 heavy (non-hydrogen) atoms. The van der Waals surface area contributed by atoms with Gasteiger partial charge in [0.2, 0.25) is 0 Å². The van der Waals surface area contributed by atoms with Crippen LogP contribution in [-0.4, -0.2) is 17.8 Å². The van der Waals surface area contributed by atoms with Gasteiger partial charge in [-0.2, -0.15) is 0 Å². The molecule has 3 rings (SSSR count). The van der Waals surface area contributed by atoms with Crippen LogP contribution in [0.25, 0.3) is 0 Å². The average molecular weight is 346 g/mol. The number of fused-ring (bicyclic) bond motifs is 1. The Morgan fingerprint density at radius 3 is 2.76 bits per heavy atom. The second-order valence-electron chi connectivity index (χ2n) is 5.67. The van der Waals surface area contributed by atoms with Crippen molar-refractivity contribution in [3.8, 4) is 0 Å². The Bertz CT molecular complexity index is 599. The summed E-state index contributed by atoms with van der Waals surface area (Å²) in [6, 6.07) is 17.3. The number of aliphatic hydroxyl groups excluding tert-OH is 1. The smallest absolute Gasteiger partial charge is 0.0588 e. The molecule has 0 radical (unpaired) electrons. The van der Waals surface area contributed by atoms with E-state index in [1.54, 1.807) is 0 Å². The molecular weight excluding hydrogens is 326 g/mol. The number of rotatable bonds is 5. The third kappa shape index (κ3) is 3.54. The van der Waals surface area contributed by atoms with Gasteiger partial charge in [-0.15, -0.1) is 0 Å². The first-order chi connectivity index (χ1) is 10.3. The molecule has 0 spiro atoms. The first-order valence-corrected chi connectivity index (χ1v) is 8.24. The summed E-state index contributed by atoms with van der Waals surface area (Å²) in [5.74, 6) is 0. The van der Waals surface area contributed by atoms with Crippen LogP contribution in [0.3, 0.4) is 0 Å². The van der Waals surface area contributed by atoms with Gasteiger partial charge in [-0.3, -0.25) is 0 Å². The molecule has 2 atom stereocenters. The van der Waals surface area contributed by atoms with E-state index in [1.807, 2.05) is 18.2 Å². The fraction of sp³-hybridized carbons (Fsp3) is 0.333. The minimum absolute atomic E-state index is 0.104. The first kappa shape index (κ1) is 14.8. The Morgan fingerprint density at radius 1 is 1.19 bits per heavy atom. The lowest BCUT2D eigenvalue weighted by molar-refractivity contribution is 0.230. The van der Waals surface area contributed by atoms with E-state index < -0.39 is 0 Å². The van der Waals surface area contributed by atoms with E-state index in [1.165, 1.54) is 16.7 Å². The third-order valence-electron chi connectivity index (χ3n) is 4.16. The topological polar surface area (TPSA) is 32.3 Å². The molecule has 2 nitrogen and oxygen atoms in total. The van der Waals surface area contributed by atoms with Gasteiger partial charge in [-0.25, -0.2) is 0 Å². The molecule has 2 aromatic carbocycles. The van der Waals surface area contributed by atoms with Gasteiger partial charge in [0.05, 0.1) is 6.61 Å². The van der Waals surface area contributed by atoms with Gasteiger partial charge in [-0.05, 0) is 48.1 Å². The fourth-order valence-corrected chi connectivity index (χ4v) is 3.53. The molecule has 1 unspecified atom stereocenters. The second kappa shape index (κ2) is 6.73. The second-order valence-corrected chi connectivity index (χ2v) is 6.59. The fourth-order valence-electron chi connectivity index (χ4n) is 3.12. The van der Waals surface area contributed by atoms with Gasteiger partial charge < -0.3 is 10.4 Å². The molecule has 110 valence electrons. The van der Waals surface area contributed by atoms with Crippen molar-refractivity contribution in [2.24, 2.45) is 0 Å². The lowest BCUT2D eigenvalue weighted by atomic mass is 10.0. The lowest BCUT2D eigenvalue weighted by Crippen LogP contribution is -2.36. The highest BCUT2D eigenvalue weighted by molar-refractivity contribution is 9.10. The molecule has 0 fully saturated rings. The van der Waals surface area contributed by atoms with Crippen LogP contribution in [0.15, 0.2) is 53.0 Å². The summed E-state index contributed by atoms with van der Waals surface area (Å²) < 4.78 is 1.14. The van der Waals surface area contributed by atoms with Crippen LogP contribution < -0.4 is 5.32 Å². The number of hydrogen-bond donors (Lipinski definition) is 2. The third-order valence-corrected chi connectivity index (χ3v) is 4.66. The predicted octanol–water partition coefficient (Wildman–Crippen LogP) is 3.63. The van der Waals surface area contributed by atoms with Crippen molar-refractivity contribution in [3.63, 3.8) is 0 Å². The van der Waals surface area contributed by atoms with Crippen LogP contribution in [0, 0.1) is 0 Å². The van der Waals surface area contributed by atoms with Crippen molar-refractivity contribution in [1.82, 2.24) is 5.32 Å². The molecule has 0 saturated carbocycles. The molecule has 0 saturated heterocycles. The van der Waals surface area contributed by atoms with Crippen molar-refractivity contribution in [3.05, 3.63) is 69.7 Å². The monoisotopic (exact) mass is 345 g/mol. The van der Waals surface area contributed by atoms with E-state index in [0.717, 1.165) is 23.7 Å². The van der Waals surface area contributed by atoms with Crippen LogP contribution in [0.2, 0.25) is 0 Å². The van der Waals surface area contributed by atoms with Gasteiger partial charge in [0.1, 0.15) is 0 Å². The molecular formula is C18H20BrNO. The minimum atomic E-state index is 0.104. The number of benzene rings is 2. The molecule has 0 amide bonds. The van der Waals surface area contributed by atoms with E-state index in [2.05, 4.69) is 51.6 Å². The van der Waals surface area contributed by atoms with Crippen LogP contribution in [-0.2, 0) is 12.8 Å². The maximum Gasteiger partial charge on any atom is 0.0588 e. The molecule has 0 aliphatic heterocycles. The van der Waals surface area contributed by atoms with Gasteiger partial charge >= 0.3 is 0 Å². The molecule has 1 aliphatic carbocycles. The first-order valence-electron chi connectivity index (χ1n) is 7.45. The zero-order chi connectivity index (χ0) is 14.7. The highest BCUT2D eigenvalue weighted by Crippen LogP contribution is 2.33. The van der Waals surface area contributed by atoms with Gasteiger partial charge in [0, 0.05) is 16.6 Å². The molecule has 1 aliphatic rings. The predicted molar refractivity (Wildman–Crippen MR) is 89.4 cm³/mol. The maximum absolute atomic E-state index is 9.67. The summed E-state index contributed by atoms with van der Waals surface area (Å²) >= 11 is 3.53. The van der Waals surface area contributed by atoms with E-state index in [9.17, 15) is 5.11 Å². The Kier molecular flexibility index (Phi) is 4.73. The average Bonchev–Trinajstić information content (AvgIpc) is 2.89. The van der Waals surface area contributed by atoms with Gasteiger partial charge in [0.25, 0.3) is 0 Å². The quantitative estimate of drug-likeness (QED) is 0.867. The zero-order valence-corrected chi connectivity index (χ0v) is 13.5. The number of nitrogens with one attached hydrogen (secondary N) is 1. The molecule has 0 heterocycles. The van der Waals surface area contributed by atoms with Crippen LogP contribution in [0.1, 0.15) is 29.2 Å². The number of aryl methyl sites for hydroxylation is 1. The van der Waals surface area contributed by atoms with Gasteiger partial charge in [0.15, 0.2) is 0 Å². The van der Waals surface area contributed by atoms with Crippen molar-refractivity contribution in [2.75, 3.05) is 6.61 Å². The maximum atomic E-state index is 9.67. The SMILES string of the molecule is OC[C@@H](Cc1ccccc1)NC1CCc2cc(Br)ccc21.